The van der Waals surface area contributed by atoms with Crippen LogP contribution in [0.2, 0.25) is 0 Å². The highest BCUT2D eigenvalue weighted by Gasteiger charge is 1.99. The lowest BCUT2D eigenvalue weighted by Crippen LogP contribution is -1.94. The molecule has 0 saturated carbocycles. The van der Waals surface area contributed by atoms with Gasteiger partial charge in [0.15, 0.2) is 0 Å². The molecule has 0 N–H and O–H groups in total. The molecule has 0 aromatic heterocycles. The van der Waals surface area contributed by atoms with Gasteiger partial charge in [-0.2, -0.15) is 0 Å². The minimum Gasteiger partial charge on any atom is -0.489 e. The summed E-state index contributed by atoms with van der Waals surface area (Å²) in [6.07, 6.45) is 0. The lowest BCUT2D eigenvalue weighted by atomic mass is 10.1. The molecule has 0 unspecified atom stereocenters. The van der Waals surface area contributed by atoms with Gasteiger partial charge in [-0.15, -0.1) is 0 Å². The van der Waals surface area contributed by atoms with E-state index >= 15 is 0 Å². The van der Waals surface area contributed by atoms with Crippen molar-refractivity contribution < 1.29 is 4.74 Å². The summed E-state index contributed by atoms with van der Waals surface area (Å²) in [6.45, 7) is 0.595. The molecular formula is C19H15O. The van der Waals surface area contributed by atoms with Crippen LogP contribution in [-0.2, 0) is 6.61 Å². The summed E-state index contributed by atoms with van der Waals surface area (Å²) in [5, 5.41) is 0. The maximum atomic E-state index is 5.77. The van der Waals surface area contributed by atoms with Crippen LogP contribution in [0, 0.1) is 6.07 Å². The quantitative estimate of drug-likeness (QED) is 0.658. The van der Waals surface area contributed by atoms with Crippen LogP contribution in [0.3, 0.4) is 0 Å². The van der Waals surface area contributed by atoms with Gasteiger partial charge in [-0.3, -0.25) is 0 Å². The van der Waals surface area contributed by atoms with Crippen LogP contribution in [0.1, 0.15) is 5.56 Å². The van der Waals surface area contributed by atoms with E-state index in [9.17, 15) is 0 Å². The van der Waals surface area contributed by atoms with E-state index in [1.54, 1.807) is 0 Å². The summed E-state index contributed by atoms with van der Waals surface area (Å²) in [7, 11) is 0. The first-order valence-corrected chi connectivity index (χ1v) is 6.66. The van der Waals surface area contributed by atoms with Crippen molar-refractivity contribution in [3.63, 3.8) is 0 Å². The zero-order valence-corrected chi connectivity index (χ0v) is 11.1. The third-order valence-electron chi connectivity index (χ3n) is 3.12. The van der Waals surface area contributed by atoms with Gasteiger partial charge in [-0.05, 0) is 34.9 Å². The van der Waals surface area contributed by atoms with Crippen LogP contribution >= 0.6 is 0 Å². The fraction of sp³-hybridized carbons (Fsp3) is 0.0526. The second-order valence-electron chi connectivity index (χ2n) is 4.57. The molecule has 0 atom stereocenters. The second kappa shape index (κ2) is 6.07. The Kier molecular flexibility index (Phi) is 3.79. The molecule has 0 bridgehead atoms. The van der Waals surface area contributed by atoms with Crippen molar-refractivity contribution in [2.45, 2.75) is 6.61 Å². The standard InChI is InChI=1S/C19H15O/c1-3-7-16(8-4-1)15-20-19-13-11-18(12-14-19)17-9-5-2-6-10-17/h1-9,11-14H,15H2. The van der Waals surface area contributed by atoms with Crippen LogP contribution in [-0.4, -0.2) is 0 Å². The molecule has 0 saturated heterocycles. The Hall–Kier alpha value is -2.54. The van der Waals surface area contributed by atoms with Gasteiger partial charge in [0.05, 0.1) is 0 Å². The van der Waals surface area contributed by atoms with Crippen LogP contribution in [0.15, 0.2) is 78.9 Å². The number of hydrogen-bond donors (Lipinski definition) is 0. The fourth-order valence-corrected chi connectivity index (χ4v) is 2.04. The van der Waals surface area contributed by atoms with Crippen molar-refractivity contribution in [1.29, 1.82) is 0 Å². The lowest BCUT2D eigenvalue weighted by Gasteiger charge is -2.07. The summed E-state index contributed by atoms with van der Waals surface area (Å²) in [4.78, 5) is 0. The van der Waals surface area contributed by atoms with Gasteiger partial charge in [0.25, 0.3) is 0 Å². The van der Waals surface area contributed by atoms with Crippen molar-refractivity contribution in [1.82, 2.24) is 0 Å². The van der Waals surface area contributed by atoms with Crippen LogP contribution < -0.4 is 4.74 Å². The molecule has 0 spiro atoms. The third kappa shape index (κ3) is 3.07. The molecule has 97 valence electrons. The van der Waals surface area contributed by atoms with Crippen molar-refractivity contribution in [3.8, 4) is 16.9 Å². The molecule has 3 rings (SSSR count). The zero-order valence-electron chi connectivity index (χ0n) is 11.1. The van der Waals surface area contributed by atoms with Gasteiger partial charge in [-0.25, -0.2) is 0 Å². The van der Waals surface area contributed by atoms with Crippen LogP contribution in [0.25, 0.3) is 11.1 Å². The monoisotopic (exact) mass is 259 g/mol. The first-order valence-electron chi connectivity index (χ1n) is 6.66. The Morgan fingerprint density at radius 2 is 1.50 bits per heavy atom. The van der Waals surface area contributed by atoms with E-state index in [1.165, 1.54) is 5.56 Å². The molecule has 0 amide bonds. The minimum atomic E-state index is 0.595. The Balaban J connectivity index is 1.68. The highest BCUT2D eigenvalue weighted by molar-refractivity contribution is 5.63. The van der Waals surface area contributed by atoms with Crippen molar-refractivity contribution in [2.75, 3.05) is 0 Å². The van der Waals surface area contributed by atoms with Gasteiger partial charge in [0.2, 0.25) is 0 Å². The van der Waals surface area contributed by atoms with Gasteiger partial charge >= 0.3 is 0 Å². The summed E-state index contributed by atoms with van der Waals surface area (Å²) < 4.78 is 5.77. The Labute approximate surface area is 119 Å². The van der Waals surface area contributed by atoms with Crippen LogP contribution in [0.5, 0.6) is 5.75 Å². The van der Waals surface area contributed by atoms with Crippen molar-refractivity contribution in [2.24, 2.45) is 0 Å². The van der Waals surface area contributed by atoms with E-state index in [-0.39, 0.29) is 0 Å². The van der Waals surface area contributed by atoms with E-state index in [1.807, 2.05) is 48.5 Å². The third-order valence-corrected chi connectivity index (χ3v) is 3.12. The molecule has 20 heavy (non-hydrogen) atoms. The van der Waals surface area contributed by atoms with Gasteiger partial charge in [0.1, 0.15) is 12.4 Å². The predicted molar refractivity (Wildman–Crippen MR) is 81.5 cm³/mol. The molecule has 1 heteroatoms. The topological polar surface area (TPSA) is 9.23 Å². The maximum absolute atomic E-state index is 5.77. The minimum absolute atomic E-state index is 0.595. The molecule has 1 radical (unpaired) electrons. The Bertz CT molecular complexity index is 642. The molecule has 0 fully saturated rings. The van der Waals surface area contributed by atoms with Gasteiger partial charge in [-0.1, -0.05) is 66.7 Å². The summed E-state index contributed by atoms with van der Waals surface area (Å²) in [5.41, 5.74) is 3.42. The van der Waals surface area contributed by atoms with Gasteiger partial charge < -0.3 is 4.74 Å². The Morgan fingerprint density at radius 1 is 0.750 bits per heavy atom. The molecule has 1 nitrogen and oxygen atoms in total. The SMILES string of the molecule is [c]1ccccc1-c1ccc(OCc2ccccc2)cc1. The first-order chi connectivity index (χ1) is 9.92. The number of hydrogen-bond acceptors (Lipinski definition) is 1. The summed E-state index contributed by atoms with van der Waals surface area (Å²) in [5.74, 6) is 0.883. The molecular weight excluding hydrogens is 244 g/mol. The summed E-state index contributed by atoms with van der Waals surface area (Å²) >= 11 is 0. The largest absolute Gasteiger partial charge is 0.489 e. The molecule has 0 aliphatic rings. The van der Waals surface area contributed by atoms with Crippen molar-refractivity contribution >= 4 is 0 Å². The van der Waals surface area contributed by atoms with E-state index in [0.29, 0.717) is 6.61 Å². The second-order valence-corrected chi connectivity index (χ2v) is 4.57. The summed E-state index contributed by atoms with van der Waals surface area (Å²) in [6, 6.07) is 29.5. The normalized spacial score (nSPS) is 10.2. The highest BCUT2D eigenvalue weighted by atomic mass is 16.5. The first kappa shape index (κ1) is 12.5. The number of ether oxygens (including phenoxy) is 1. The average molecular weight is 259 g/mol. The molecule has 0 heterocycles. The van der Waals surface area contributed by atoms with Gasteiger partial charge in [0, 0.05) is 0 Å². The van der Waals surface area contributed by atoms with E-state index < -0.39 is 0 Å². The zero-order chi connectivity index (χ0) is 13.6. The Morgan fingerprint density at radius 3 is 2.20 bits per heavy atom. The fourth-order valence-electron chi connectivity index (χ4n) is 2.04. The molecule has 3 aromatic carbocycles. The molecule has 0 aliphatic heterocycles. The van der Waals surface area contributed by atoms with Crippen LogP contribution in [0.4, 0.5) is 0 Å². The van der Waals surface area contributed by atoms with E-state index in [4.69, 9.17) is 4.74 Å². The van der Waals surface area contributed by atoms with E-state index in [0.717, 1.165) is 16.9 Å². The van der Waals surface area contributed by atoms with Crippen molar-refractivity contribution in [3.05, 3.63) is 90.5 Å². The smallest absolute Gasteiger partial charge is 0.119 e. The molecule has 0 aliphatic carbocycles. The number of benzene rings is 3. The number of rotatable bonds is 4. The highest BCUT2D eigenvalue weighted by Crippen LogP contribution is 2.22. The molecule has 3 aromatic rings. The maximum Gasteiger partial charge on any atom is 0.119 e. The van der Waals surface area contributed by atoms with E-state index in [2.05, 4.69) is 36.4 Å². The predicted octanol–water partition coefficient (Wildman–Crippen LogP) is 4.73. The lowest BCUT2D eigenvalue weighted by molar-refractivity contribution is 0.306. The average Bonchev–Trinajstić information content (AvgIpc) is 2.55.